The zero-order valence-corrected chi connectivity index (χ0v) is 18.4. The van der Waals surface area contributed by atoms with E-state index >= 15 is 0 Å². The van der Waals surface area contributed by atoms with Crippen LogP contribution in [0.1, 0.15) is 27.4 Å². The summed E-state index contributed by atoms with van der Waals surface area (Å²) in [5, 5.41) is 3.68. The fourth-order valence-electron chi connectivity index (χ4n) is 3.59. The Morgan fingerprint density at radius 3 is 2.25 bits per heavy atom. The Morgan fingerprint density at radius 2 is 1.69 bits per heavy atom. The minimum absolute atomic E-state index is 0.0859. The van der Waals surface area contributed by atoms with Crippen molar-refractivity contribution in [3.63, 3.8) is 0 Å². The molecule has 188 valence electrons. The van der Waals surface area contributed by atoms with E-state index in [4.69, 9.17) is 10.5 Å². The molecule has 0 spiro atoms. The van der Waals surface area contributed by atoms with Crippen LogP contribution in [0.5, 0.6) is 0 Å². The van der Waals surface area contributed by atoms with E-state index in [0.29, 0.717) is 0 Å². The number of carbonyl (C=O) groups excluding carboxylic acids is 2. The summed E-state index contributed by atoms with van der Waals surface area (Å²) in [6.07, 6.45) is -4.71. The molecule has 36 heavy (non-hydrogen) atoms. The van der Waals surface area contributed by atoms with Gasteiger partial charge in [0.15, 0.2) is 5.69 Å². The SMILES string of the molecule is Cc1c(-c2cc(C(N)=O)nc3cc(F)ccc23)c(C(F)(F)F)nn1Cc1c(F)cccc1F.NC=O. The third kappa shape index (κ3) is 5.14. The van der Waals surface area contributed by atoms with E-state index in [2.05, 4.69) is 15.8 Å². The summed E-state index contributed by atoms with van der Waals surface area (Å²) in [5.74, 6) is -3.64. The van der Waals surface area contributed by atoms with Gasteiger partial charge in [-0.25, -0.2) is 18.2 Å². The summed E-state index contributed by atoms with van der Waals surface area (Å²) in [7, 11) is 0. The number of benzene rings is 2. The second-order valence-electron chi connectivity index (χ2n) is 7.38. The summed E-state index contributed by atoms with van der Waals surface area (Å²) >= 11 is 0. The van der Waals surface area contributed by atoms with Gasteiger partial charge < -0.3 is 11.5 Å². The normalized spacial score (nSPS) is 11.2. The van der Waals surface area contributed by atoms with Crippen molar-refractivity contribution in [3.05, 3.63) is 82.6 Å². The number of alkyl halides is 3. The smallest absolute Gasteiger partial charge is 0.372 e. The molecule has 2 aromatic carbocycles. The van der Waals surface area contributed by atoms with Crippen LogP contribution >= 0.6 is 0 Å². The van der Waals surface area contributed by atoms with Crippen LogP contribution in [0.4, 0.5) is 26.3 Å². The van der Waals surface area contributed by atoms with Crippen LogP contribution in [-0.4, -0.2) is 27.1 Å². The number of primary amides is 2. The third-order valence-electron chi connectivity index (χ3n) is 5.14. The molecular formula is C23H17F6N5O2. The van der Waals surface area contributed by atoms with Gasteiger partial charge in [0.25, 0.3) is 5.91 Å². The lowest BCUT2D eigenvalue weighted by atomic mass is 9.97. The van der Waals surface area contributed by atoms with E-state index in [1.54, 1.807) is 0 Å². The molecule has 4 aromatic rings. The van der Waals surface area contributed by atoms with Crippen molar-refractivity contribution in [3.8, 4) is 11.1 Å². The number of halogens is 6. The van der Waals surface area contributed by atoms with Crippen LogP contribution in [0.2, 0.25) is 0 Å². The van der Waals surface area contributed by atoms with Gasteiger partial charge in [-0.15, -0.1) is 0 Å². The molecule has 2 amide bonds. The monoisotopic (exact) mass is 509 g/mol. The molecule has 0 bridgehead atoms. The Labute approximate surface area is 199 Å². The van der Waals surface area contributed by atoms with Gasteiger partial charge >= 0.3 is 6.18 Å². The van der Waals surface area contributed by atoms with Crippen LogP contribution in [0.15, 0.2) is 42.5 Å². The van der Waals surface area contributed by atoms with Crippen LogP contribution in [0.25, 0.3) is 22.0 Å². The highest BCUT2D eigenvalue weighted by Crippen LogP contribution is 2.41. The Balaban J connectivity index is 0.00000115. The molecule has 0 atom stereocenters. The molecule has 2 heterocycles. The molecule has 0 aliphatic carbocycles. The van der Waals surface area contributed by atoms with Crippen molar-refractivity contribution >= 4 is 23.2 Å². The highest BCUT2D eigenvalue weighted by molar-refractivity contribution is 6.01. The molecule has 13 heteroatoms. The number of amides is 2. The Kier molecular flexibility index (Phi) is 7.32. The van der Waals surface area contributed by atoms with Gasteiger partial charge in [-0.1, -0.05) is 6.07 Å². The molecule has 4 N–H and O–H groups in total. The van der Waals surface area contributed by atoms with Gasteiger partial charge in [0.2, 0.25) is 6.41 Å². The van der Waals surface area contributed by atoms with Gasteiger partial charge in [-0.3, -0.25) is 14.3 Å². The number of hydrogen-bond donors (Lipinski definition) is 2. The lowest BCUT2D eigenvalue weighted by molar-refractivity contribution is -0.141. The predicted molar refractivity (Wildman–Crippen MR) is 117 cm³/mol. The highest BCUT2D eigenvalue weighted by atomic mass is 19.4. The van der Waals surface area contributed by atoms with E-state index in [-0.39, 0.29) is 34.3 Å². The summed E-state index contributed by atoms with van der Waals surface area (Å²) in [6, 6.07) is 7.33. The van der Waals surface area contributed by atoms with Crippen LogP contribution in [0.3, 0.4) is 0 Å². The van der Waals surface area contributed by atoms with Gasteiger partial charge in [-0.2, -0.15) is 18.3 Å². The lowest BCUT2D eigenvalue weighted by Crippen LogP contribution is -2.14. The summed E-state index contributed by atoms with van der Waals surface area (Å²) < 4.78 is 84.7. The Hall–Kier alpha value is -4.42. The zero-order valence-electron chi connectivity index (χ0n) is 18.4. The first-order chi connectivity index (χ1) is 16.9. The maximum Gasteiger partial charge on any atom is 0.435 e. The van der Waals surface area contributed by atoms with E-state index in [0.717, 1.165) is 41.1 Å². The number of fused-ring (bicyclic) bond motifs is 1. The number of hydrogen-bond acceptors (Lipinski definition) is 4. The van der Waals surface area contributed by atoms with Crippen LogP contribution in [0, 0.1) is 24.4 Å². The first kappa shape index (κ1) is 26.2. The summed E-state index contributed by atoms with van der Waals surface area (Å²) in [5.41, 5.74) is 6.49. The minimum Gasteiger partial charge on any atom is -0.372 e. The molecule has 2 aromatic heterocycles. The minimum atomic E-state index is -4.96. The van der Waals surface area contributed by atoms with Crippen LogP contribution in [-0.2, 0) is 17.5 Å². The zero-order chi connectivity index (χ0) is 26.8. The fourth-order valence-corrected chi connectivity index (χ4v) is 3.59. The van der Waals surface area contributed by atoms with E-state index in [1.807, 2.05) is 0 Å². The second-order valence-corrected chi connectivity index (χ2v) is 7.38. The largest absolute Gasteiger partial charge is 0.435 e. The van der Waals surface area contributed by atoms with E-state index in [9.17, 15) is 31.1 Å². The molecule has 0 saturated heterocycles. The average molecular weight is 509 g/mol. The standard InChI is InChI=1S/C22H14F6N4O.CH3NO/c1-10-19(13-8-18(21(29)33)30-17-7-11(23)5-6-12(13)17)20(22(26,27)28)31-32(10)9-14-15(24)3-2-4-16(14)25;2-1-3/h2-8H,9H2,1H3,(H2,29,33);1H,(H2,2,3). The van der Waals surface area contributed by atoms with Gasteiger partial charge in [0.05, 0.1) is 12.1 Å². The molecule has 7 nitrogen and oxygen atoms in total. The first-order valence-corrected chi connectivity index (χ1v) is 10.0. The number of nitrogens with two attached hydrogens (primary N) is 2. The Morgan fingerprint density at radius 1 is 1.08 bits per heavy atom. The predicted octanol–water partition coefficient (Wildman–Crippen LogP) is 4.09. The van der Waals surface area contributed by atoms with Gasteiger partial charge in [0, 0.05) is 28.3 Å². The van der Waals surface area contributed by atoms with Crippen molar-refractivity contribution in [2.24, 2.45) is 11.5 Å². The lowest BCUT2D eigenvalue weighted by Gasteiger charge is -2.12. The van der Waals surface area contributed by atoms with Crippen molar-refractivity contribution in [1.29, 1.82) is 0 Å². The van der Waals surface area contributed by atoms with E-state index in [1.165, 1.54) is 13.0 Å². The van der Waals surface area contributed by atoms with E-state index < -0.39 is 52.9 Å². The molecular weight excluding hydrogens is 492 g/mol. The molecule has 0 saturated carbocycles. The average Bonchev–Trinajstić information content (AvgIpc) is 3.12. The van der Waals surface area contributed by atoms with Gasteiger partial charge in [-0.05, 0) is 42.8 Å². The third-order valence-corrected chi connectivity index (χ3v) is 5.14. The Bertz CT molecular complexity index is 1450. The summed E-state index contributed by atoms with van der Waals surface area (Å²) in [4.78, 5) is 24.2. The van der Waals surface area contributed by atoms with Crippen molar-refractivity contribution in [2.75, 3.05) is 0 Å². The molecule has 0 fully saturated rings. The quantitative estimate of drug-likeness (QED) is 0.318. The molecule has 0 aliphatic rings. The maximum absolute atomic E-state index is 14.1. The number of pyridine rings is 1. The number of rotatable bonds is 4. The number of nitrogens with zero attached hydrogens (tertiary/aromatic N) is 3. The van der Waals surface area contributed by atoms with Crippen molar-refractivity contribution in [1.82, 2.24) is 14.8 Å². The highest BCUT2D eigenvalue weighted by Gasteiger charge is 2.39. The first-order valence-electron chi connectivity index (χ1n) is 10.0. The molecule has 4 rings (SSSR count). The second kappa shape index (κ2) is 10.1. The number of aromatic nitrogens is 3. The maximum atomic E-state index is 14.1. The van der Waals surface area contributed by atoms with Crippen molar-refractivity contribution in [2.45, 2.75) is 19.6 Å². The molecule has 0 aliphatic heterocycles. The topological polar surface area (TPSA) is 117 Å². The van der Waals surface area contributed by atoms with Crippen molar-refractivity contribution < 1.29 is 35.9 Å². The number of carbonyl (C=O) groups is 2. The van der Waals surface area contributed by atoms with Crippen LogP contribution < -0.4 is 11.5 Å². The molecule has 0 unspecified atom stereocenters. The molecule has 0 radical (unpaired) electrons. The summed E-state index contributed by atoms with van der Waals surface area (Å²) in [6.45, 7) is 0.670. The fraction of sp³-hybridized carbons (Fsp3) is 0.130. The van der Waals surface area contributed by atoms with Gasteiger partial charge in [0.1, 0.15) is 23.1 Å².